The molecule has 1 N–H and O–H groups in total. The quantitative estimate of drug-likeness (QED) is 0.0395. The zero-order valence-electron chi connectivity index (χ0n) is 33.0. The van der Waals surface area contributed by atoms with Gasteiger partial charge in [0.2, 0.25) is 0 Å². The van der Waals surface area contributed by atoms with Gasteiger partial charge >= 0.3 is 5.97 Å². The van der Waals surface area contributed by atoms with Gasteiger partial charge in [-0.3, -0.25) is 4.79 Å². The average molecular weight is 689 g/mol. The van der Waals surface area contributed by atoms with Crippen LogP contribution in [-0.4, -0.2) is 37.0 Å². The van der Waals surface area contributed by atoms with Crippen molar-refractivity contribution >= 4 is 5.97 Å². The minimum atomic E-state index is -0.536. The smallest absolute Gasteiger partial charge is 0.306 e. The van der Waals surface area contributed by atoms with E-state index in [0.717, 1.165) is 32.1 Å². The van der Waals surface area contributed by atoms with E-state index in [1.165, 1.54) is 167 Å². The topological polar surface area (TPSA) is 55.8 Å². The third-order valence-electron chi connectivity index (χ3n) is 9.47. The fraction of sp³-hybridized carbons (Fsp3) is 0.844. The highest BCUT2D eigenvalue weighted by Gasteiger charge is 2.13. The molecule has 1 unspecified atom stereocenters. The van der Waals surface area contributed by atoms with Gasteiger partial charge in [0.1, 0.15) is 6.10 Å². The van der Waals surface area contributed by atoms with Crippen LogP contribution in [0.25, 0.3) is 0 Å². The number of hydrogen-bond donors (Lipinski definition) is 1. The predicted octanol–water partition coefficient (Wildman–Crippen LogP) is 14.1. The van der Waals surface area contributed by atoms with Crippen LogP contribution in [0.3, 0.4) is 0 Å². The van der Waals surface area contributed by atoms with Crippen LogP contribution in [0.5, 0.6) is 0 Å². The van der Waals surface area contributed by atoms with E-state index in [9.17, 15) is 9.90 Å². The van der Waals surface area contributed by atoms with Crippen molar-refractivity contribution in [2.45, 2.75) is 225 Å². The van der Waals surface area contributed by atoms with E-state index in [-0.39, 0.29) is 12.6 Å². The van der Waals surface area contributed by atoms with Crippen molar-refractivity contribution in [2.75, 3.05) is 19.8 Å². The number of carbonyl (C=O) groups excluding carboxylic acids is 1. The number of esters is 1. The molecular formula is C45H84O4. The Bertz CT molecular complexity index is 728. The molecule has 4 heteroatoms. The van der Waals surface area contributed by atoms with Gasteiger partial charge in [0, 0.05) is 13.0 Å². The molecule has 0 aromatic rings. The second-order valence-corrected chi connectivity index (χ2v) is 14.4. The second kappa shape index (κ2) is 42.8. The number of aliphatic hydroxyl groups is 1. The molecule has 0 radical (unpaired) electrons. The van der Waals surface area contributed by atoms with Gasteiger partial charge in [0.25, 0.3) is 0 Å². The fourth-order valence-electron chi connectivity index (χ4n) is 6.22. The van der Waals surface area contributed by atoms with Crippen LogP contribution in [0.4, 0.5) is 0 Å². The van der Waals surface area contributed by atoms with Crippen molar-refractivity contribution in [3.8, 4) is 0 Å². The van der Waals surface area contributed by atoms with Gasteiger partial charge in [-0.05, 0) is 51.4 Å². The highest BCUT2D eigenvalue weighted by molar-refractivity contribution is 5.69. The summed E-state index contributed by atoms with van der Waals surface area (Å²) in [7, 11) is 0. The molecule has 0 rings (SSSR count). The number of aliphatic hydroxyl groups excluding tert-OH is 1. The van der Waals surface area contributed by atoms with Crippen molar-refractivity contribution in [3.63, 3.8) is 0 Å². The number of unbranched alkanes of at least 4 members (excludes halogenated alkanes) is 26. The van der Waals surface area contributed by atoms with Crippen LogP contribution in [0, 0.1) is 0 Å². The van der Waals surface area contributed by atoms with Crippen molar-refractivity contribution in [2.24, 2.45) is 0 Å². The largest absolute Gasteiger partial charge is 0.457 e. The summed E-state index contributed by atoms with van der Waals surface area (Å²) in [5.41, 5.74) is 0. The SMILES string of the molecule is CCCCCCC/C=C\C/C=C\C/C=C\CCCCCCCCCOCC(CO)OC(=O)CCCCCCCCCCCCCCCCC. The van der Waals surface area contributed by atoms with E-state index in [4.69, 9.17) is 9.47 Å². The van der Waals surface area contributed by atoms with Gasteiger partial charge < -0.3 is 14.6 Å². The van der Waals surface area contributed by atoms with Crippen molar-refractivity contribution in [1.29, 1.82) is 0 Å². The normalized spacial score (nSPS) is 12.6. The summed E-state index contributed by atoms with van der Waals surface area (Å²) in [6.07, 6.45) is 53.4. The first-order valence-electron chi connectivity index (χ1n) is 21.6. The summed E-state index contributed by atoms with van der Waals surface area (Å²) in [6.45, 7) is 5.34. The van der Waals surface area contributed by atoms with Gasteiger partial charge in [0.05, 0.1) is 13.2 Å². The van der Waals surface area contributed by atoms with Crippen molar-refractivity contribution < 1.29 is 19.4 Å². The lowest BCUT2D eigenvalue weighted by atomic mass is 10.0. The number of hydrogen-bond acceptors (Lipinski definition) is 4. The Morgan fingerprint density at radius 1 is 0.490 bits per heavy atom. The lowest BCUT2D eigenvalue weighted by Gasteiger charge is -2.16. The molecule has 0 saturated heterocycles. The molecule has 0 aliphatic heterocycles. The highest BCUT2D eigenvalue weighted by Crippen LogP contribution is 2.14. The molecule has 4 nitrogen and oxygen atoms in total. The zero-order chi connectivity index (χ0) is 35.6. The predicted molar refractivity (Wildman–Crippen MR) is 214 cm³/mol. The van der Waals surface area contributed by atoms with Crippen molar-refractivity contribution in [3.05, 3.63) is 36.5 Å². The second-order valence-electron chi connectivity index (χ2n) is 14.4. The van der Waals surface area contributed by atoms with E-state index in [2.05, 4.69) is 50.3 Å². The molecule has 0 aromatic carbocycles. The molecule has 49 heavy (non-hydrogen) atoms. The minimum absolute atomic E-state index is 0.173. The van der Waals surface area contributed by atoms with E-state index < -0.39 is 6.10 Å². The van der Waals surface area contributed by atoms with E-state index in [1.54, 1.807) is 0 Å². The molecule has 0 saturated carbocycles. The lowest BCUT2D eigenvalue weighted by Crippen LogP contribution is -2.27. The first kappa shape index (κ1) is 47.6. The van der Waals surface area contributed by atoms with E-state index >= 15 is 0 Å². The zero-order valence-corrected chi connectivity index (χ0v) is 33.0. The molecule has 0 heterocycles. The number of carbonyl (C=O) groups is 1. The van der Waals surface area contributed by atoms with Crippen LogP contribution in [0.1, 0.15) is 219 Å². The Labute approximate surface area is 306 Å². The lowest BCUT2D eigenvalue weighted by molar-refractivity contribution is -0.154. The molecule has 0 bridgehead atoms. The molecule has 0 amide bonds. The van der Waals surface area contributed by atoms with Crippen LogP contribution >= 0.6 is 0 Å². The molecule has 1 atom stereocenters. The Hall–Kier alpha value is -1.39. The third kappa shape index (κ3) is 40.9. The Kier molecular flexibility index (Phi) is 41.6. The maximum absolute atomic E-state index is 12.2. The molecule has 0 fully saturated rings. The average Bonchev–Trinajstić information content (AvgIpc) is 3.11. The first-order valence-corrected chi connectivity index (χ1v) is 21.6. The summed E-state index contributed by atoms with van der Waals surface area (Å²) in [5.74, 6) is -0.202. The van der Waals surface area contributed by atoms with Gasteiger partial charge in [-0.15, -0.1) is 0 Å². The maximum atomic E-state index is 12.2. The summed E-state index contributed by atoms with van der Waals surface area (Å²) < 4.78 is 11.2. The third-order valence-corrected chi connectivity index (χ3v) is 9.47. The Balaban J connectivity index is 3.44. The number of allylic oxidation sites excluding steroid dienone is 6. The van der Waals surface area contributed by atoms with Gasteiger partial charge in [-0.1, -0.05) is 198 Å². The monoisotopic (exact) mass is 689 g/mol. The van der Waals surface area contributed by atoms with Gasteiger partial charge in [-0.2, -0.15) is 0 Å². The number of ether oxygens (including phenoxy) is 2. The first-order chi connectivity index (χ1) is 24.2. The minimum Gasteiger partial charge on any atom is -0.457 e. The van der Waals surface area contributed by atoms with Crippen molar-refractivity contribution in [1.82, 2.24) is 0 Å². The molecular weight excluding hydrogens is 604 g/mol. The molecule has 0 aliphatic carbocycles. The molecule has 288 valence electrons. The molecule has 0 aromatic heterocycles. The van der Waals surface area contributed by atoms with Crippen LogP contribution in [-0.2, 0) is 14.3 Å². The van der Waals surface area contributed by atoms with Crippen LogP contribution in [0.2, 0.25) is 0 Å². The maximum Gasteiger partial charge on any atom is 0.306 e. The number of rotatable bonds is 40. The summed E-state index contributed by atoms with van der Waals surface area (Å²) in [4.78, 5) is 12.2. The molecule has 0 spiro atoms. The summed E-state index contributed by atoms with van der Waals surface area (Å²) >= 11 is 0. The van der Waals surface area contributed by atoms with Gasteiger partial charge in [-0.25, -0.2) is 0 Å². The van der Waals surface area contributed by atoms with Gasteiger partial charge in [0.15, 0.2) is 0 Å². The summed E-state index contributed by atoms with van der Waals surface area (Å²) in [5, 5.41) is 9.60. The fourth-order valence-corrected chi connectivity index (χ4v) is 6.22. The van der Waals surface area contributed by atoms with E-state index in [0.29, 0.717) is 19.6 Å². The summed E-state index contributed by atoms with van der Waals surface area (Å²) in [6, 6.07) is 0. The van der Waals surface area contributed by atoms with E-state index in [1.807, 2.05) is 0 Å². The van der Waals surface area contributed by atoms with Crippen LogP contribution < -0.4 is 0 Å². The standard InChI is InChI=1S/C45H84O4/c1-3-5-7-9-11-13-15-17-19-20-21-22-23-24-25-27-29-31-33-35-37-39-41-48-43-44(42-46)49-45(47)40-38-36-34-32-30-28-26-18-16-14-12-10-8-6-4-2/h15,17,20-21,23-24,44,46H,3-14,16,18-19,22,25-43H2,1-2H3/b17-15-,21-20-,24-23-. The highest BCUT2D eigenvalue weighted by atomic mass is 16.6. The Morgan fingerprint density at radius 3 is 1.29 bits per heavy atom. The Morgan fingerprint density at radius 2 is 0.857 bits per heavy atom. The molecule has 0 aliphatic rings. The van der Waals surface area contributed by atoms with Crippen LogP contribution in [0.15, 0.2) is 36.5 Å².